The smallest absolute Gasteiger partial charge is 0.339 e. The summed E-state index contributed by atoms with van der Waals surface area (Å²) in [5, 5.41) is 16.9. The maximum absolute atomic E-state index is 14.3. The molecule has 7 rings (SSSR count). The summed E-state index contributed by atoms with van der Waals surface area (Å²) in [5.41, 5.74) is 5.26. The van der Waals surface area contributed by atoms with Crippen LogP contribution in [-0.4, -0.2) is 34.1 Å². The van der Waals surface area contributed by atoms with E-state index in [2.05, 4.69) is 25.9 Å². The molecule has 2 aromatic heterocycles. The highest BCUT2D eigenvalue weighted by Gasteiger charge is 2.20. The zero-order valence-electron chi connectivity index (χ0n) is 27.3. The molecule has 0 amide bonds. The van der Waals surface area contributed by atoms with E-state index < -0.39 is 17.8 Å². The molecule has 7 aromatic rings. The molecular formula is C39H21BrCl5FN2O4S2. The Morgan fingerprint density at radius 3 is 1.69 bits per heavy atom. The average molecular weight is 922 g/mol. The van der Waals surface area contributed by atoms with Crippen LogP contribution in [0.15, 0.2) is 106 Å². The van der Waals surface area contributed by atoms with Crippen LogP contribution >= 0.6 is 96.6 Å². The molecule has 0 radical (unpaired) electrons. The van der Waals surface area contributed by atoms with Gasteiger partial charge in [-0.15, -0.1) is 22.7 Å². The number of rotatable bonds is 7. The molecule has 0 atom stereocenters. The number of halogens is 7. The molecule has 0 unspecified atom stereocenters. The van der Waals surface area contributed by atoms with Crippen molar-refractivity contribution in [2.75, 3.05) is 7.11 Å². The summed E-state index contributed by atoms with van der Waals surface area (Å²) in [7, 11) is 1.35. The van der Waals surface area contributed by atoms with Gasteiger partial charge in [0.2, 0.25) is 0 Å². The average Bonchev–Trinajstić information content (AvgIpc) is 3.86. The highest BCUT2D eigenvalue weighted by molar-refractivity contribution is 9.10. The molecule has 272 valence electrons. The Balaban J connectivity index is 0.000000189. The molecule has 0 saturated heterocycles. The number of esters is 1. The van der Waals surface area contributed by atoms with E-state index in [-0.39, 0.29) is 21.7 Å². The quantitative estimate of drug-likeness (QED) is 0.160. The topological polar surface area (TPSA) is 89.4 Å². The van der Waals surface area contributed by atoms with Crippen molar-refractivity contribution in [3.8, 4) is 54.8 Å². The van der Waals surface area contributed by atoms with E-state index in [0.29, 0.717) is 46.4 Å². The maximum Gasteiger partial charge on any atom is 0.339 e. The lowest BCUT2D eigenvalue weighted by atomic mass is 9.97. The Labute approximate surface area is 349 Å². The van der Waals surface area contributed by atoms with Gasteiger partial charge >= 0.3 is 11.9 Å². The lowest BCUT2D eigenvalue weighted by Gasteiger charge is -2.11. The number of methoxy groups -OCH3 is 1. The lowest BCUT2D eigenvalue weighted by molar-refractivity contribution is 0.0598. The van der Waals surface area contributed by atoms with Crippen molar-refractivity contribution in [2.45, 2.75) is 0 Å². The fraction of sp³-hybridized carbons (Fsp3) is 0.0256. The van der Waals surface area contributed by atoms with Crippen LogP contribution in [0, 0.1) is 5.82 Å². The summed E-state index contributed by atoms with van der Waals surface area (Å²) in [6, 6.07) is 25.0. The van der Waals surface area contributed by atoms with Gasteiger partial charge in [0.25, 0.3) is 0 Å². The summed E-state index contributed by atoms with van der Waals surface area (Å²) in [5.74, 6) is -2.17. The van der Waals surface area contributed by atoms with E-state index in [1.165, 1.54) is 54.0 Å². The fourth-order valence-electron chi connectivity index (χ4n) is 5.14. The second-order valence-electron chi connectivity index (χ2n) is 11.2. The Hall–Kier alpha value is -3.84. The van der Waals surface area contributed by atoms with Crippen molar-refractivity contribution in [3.63, 3.8) is 0 Å². The lowest BCUT2D eigenvalue weighted by Crippen LogP contribution is -2.02. The molecule has 6 nitrogen and oxygen atoms in total. The highest BCUT2D eigenvalue weighted by atomic mass is 79.9. The first-order valence-corrected chi connectivity index (χ1v) is 19.8. The number of hydrogen-bond donors (Lipinski definition) is 1. The van der Waals surface area contributed by atoms with E-state index >= 15 is 0 Å². The molecule has 1 N–H and O–H groups in total. The summed E-state index contributed by atoms with van der Waals surface area (Å²) in [6.45, 7) is 0. The van der Waals surface area contributed by atoms with Gasteiger partial charge in [-0.1, -0.05) is 94.4 Å². The molecule has 0 aliphatic carbocycles. The fourth-order valence-corrected chi connectivity index (χ4v) is 8.06. The monoisotopic (exact) mass is 918 g/mol. The molecule has 2 heterocycles. The molecule has 0 spiro atoms. The van der Waals surface area contributed by atoms with Crippen molar-refractivity contribution in [1.29, 1.82) is 0 Å². The molecule has 0 saturated carbocycles. The van der Waals surface area contributed by atoms with Gasteiger partial charge in [0, 0.05) is 48.6 Å². The molecule has 5 aromatic carbocycles. The van der Waals surface area contributed by atoms with Gasteiger partial charge in [0.05, 0.1) is 54.7 Å². The third-order valence-electron chi connectivity index (χ3n) is 7.79. The second-order valence-corrected chi connectivity index (χ2v) is 15.8. The van der Waals surface area contributed by atoms with E-state index in [1.54, 1.807) is 48.5 Å². The number of aromatic carboxylic acids is 1. The number of aromatic nitrogens is 2. The summed E-state index contributed by atoms with van der Waals surface area (Å²) >= 11 is 36.4. The molecule has 0 bridgehead atoms. The van der Waals surface area contributed by atoms with Crippen molar-refractivity contribution in [1.82, 2.24) is 9.97 Å². The predicted molar refractivity (Wildman–Crippen MR) is 222 cm³/mol. The Morgan fingerprint density at radius 1 is 0.667 bits per heavy atom. The first-order chi connectivity index (χ1) is 25.8. The zero-order chi connectivity index (χ0) is 38.7. The van der Waals surface area contributed by atoms with Gasteiger partial charge in [-0.05, 0) is 70.5 Å². The normalized spacial score (nSPS) is 10.8. The minimum atomic E-state index is -1.19. The Bertz CT molecular complexity index is 2540. The SMILES string of the molecule is COC(=O)c1cc(-c2nc(-c3ccc(Cl)c(Cl)c3)cs2)ccc1Br.O=C(O)c1cc(-c2nc(-c3ccc(Cl)c(Cl)c3)cs2)ccc1-c1c(F)cccc1Cl. The largest absolute Gasteiger partial charge is 0.478 e. The maximum atomic E-state index is 14.3. The molecule has 54 heavy (non-hydrogen) atoms. The number of carbonyl (C=O) groups is 2. The number of carbonyl (C=O) groups excluding carboxylic acids is 1. The van der Waals surface area contributed by atoms with Gasteiger partial charge in [0.15, 0.2) is 0 Å². The van der Waals surface area contributed by atoms with Crippen molar-refractivity contribution in [2.24, 2.45) is 0 Å². The van der Waals surface area contributed by atoms with Crippen LogP contribution in [0.4, 0.5) is 4.39 Å². The predicted octanol–water partition coefficient (Wildman–Crippen LogP) is 14.3. The van der Waals surface area contributed by atoms with Gasteiger partial charge in [-0.2, -0.15) is 0 Å². The Morgan fingerprint density at radius 2 is 1.19 bits per heavy atom. The van der Waals surface area contributed by atoms with Crippen LogP contribution in [0.5, 0.6) is 0 Å². The standard InChI is InChI=1S/C22H11Cl3FNO2S.C17H10BrCl2NO2S/c23-15-7-5-11(9-17(15)25)19-10-30-21(27-19)12-4-6-13(14(8-12)22(28)29)20-16(24)2-1-3-18(20)26;1-23-17(22)11-6-10(2-4-12(11)18)16-21-15(8-24-16)9-3-5-13(19)14(20)7-9/h1-10H,(H,28,29);2-8H,1H3. The van der Waals surface area contributed by atoms with Crippen LogP contribution < -0.4 is 0 Å². The van der Waals surface area contributed by atoms with Crippen molar-refractivity contribution >= 4 is 109 Å². The van der Waals surface area contributed by atoms with Crippen LogP contribution in [-0.2, 0) is 4.74 Å². The number of nitrogens with zero attached hydrogens (tertiary/aromatic N) is 2. The van der Waals surface area contributed by atoms with Gasteiger partial charge < -0.3 is 9.84 Å². The van der Waals surface area contributed by atoms with Crippen molar-refractivity contribution in [3.05, 3.63) is 148 Å². The van der Waals surface area contributed by atoms with Crippen LogP contribution in [0.25, 0.3) is 54.8 Å². The summed E-state index contributed by atoms with van der Waals surface area (Å²) in [4.78, 5) is 32.9. The minimum absolute atomic E-state index is 0.0544. The Kier molecular flexibility index (Phi) is 12.8. The number of thiazole rings is 2. The van der Waals surface area contributed by atoms with E-state index in [9.17, 15) is 19.1 Å². The summed E-state index contributed by atoms with van der Waals surface area (Å²) in [6.07, 6.45) is 0. The van der Waals surface area contributed by atoms with Crippen molar-refractivity contribution < 1.29 is 23.8 Å². The van der Waals surface area contributed by atoms with Gasteiger partial charge in [-0.25, -0.2) is 23.9 Å². The second kappa shape index (κ2) is 17.3. The number of hydrogen-bond acceptors (Lipinski definition) is 7. The van der Waals surface area contributed by atoms with E-state index in [0.717, 1.165) is 27.4 Å². The first-order valence-electron chi connectivity index (χ1n) is 15.4. The first kappa shape index (κ1) is 39.8. The molecule has 0 fully saturated rings. The third-order valence-corrected chi connectivity index (χ3v) is 12.1. The number of ether oxygens (including phenoxy) is 1. The molecule has 0 aliphatic heterocycles. The van der Waals surface area contributed by atoms with Crippen LogP contribution in [0.3, 0.4) is 0 Å². The van der Waals surface area contributed by atoms with E-state index in [1.807, 2.05) is 29.0 Å². The van der Waals surface area contributed by atoms with Crippen LogP contribution in [0.2, 0.25) is 25.1 Å². The third kappa shape index (κ3) is 8.83. The molecule has 15 heteroatoms. The zero-order valence-corrected chi connectivity index (χ0v) is 34.3. The van der Waals surface area contributed by atoms with Crippen LogP contribution in [0.1, 0.15) is 20.7 Å². The summed E-state index contributed by atoms with van der Waals surface area (Å²) < 4.78 is 19.8. The van der Waals surface area contributed by atoms with E-state index in [4.69, 9.17) is 62.7 Å². The molecule has 0 aliphatic rings. The highest BCUT2D eigenvalue weighted by Crippen LogP contribution is 2.38. The number of carboxylic acids is 1. The number of carboxylic acid groups (broad SMARTS) is 1. The molecular weight excluding hydrogens is 901 g/mol. The number of benzene rings is 5. The van der Waals surface area contributed by atoms with Gasteiger partial charge in [0.1, 0.15) is 15.8 Å². The minimum Gasteiger partial charge on any atom is -0.478 e. The van der Waals surface area contributed by atoms with Gasteiger partial charge in [-0.3, -0.25) is 0 Å².